The molecule has 1 N–H and O–H groups in total. The van der Waals surface area contributed by atoms with E-state index in [0.29, 0.717) is 12.3 Å². The van der Waals surface area contributed by atoms with Crippen LogP contribution < -0.4 is 15.4 Å². The third kappa shape index (κ3) is 4.93. The first-order valence-corrected chi connectivity index (χ1v) is 8.80. The normalized spacial score (nSPS) is 10.7. The summed E-state index contributed by atoms with van der Waals surface area (Å²) in [6, 6.07) is 16.7. The van der Waals surface area contributed by atoms with Crippen molar-refractivity contribution in [3.63, 3.8) is 0 Å². The summed E-state index contributed by atoms with van der Waals surface area (Å²) in [5.41, 5.74) is 2.15. The zero-order chi connectivity index (χ0) is 19.1. The van der Waals surface area contributed by atoms with Crippen molar-refractivity contribution < 1.29 is 19.0 Å². The number of H-pyrrole nitrogens is 1. The second-order valence-corrected chi connectivity index (χ2v) is 6.15. The van der Waals surface area contributed by atoms with E-state index in [0.717, 1.165) is 11.1 Å². The molecule has 0 spiro atoms. The van der Waals surface area contributed by atoms with E-state index >= 15 is 0 Å². The molecule has 7 heteroatoms. The SMILES string of the molecule is O=c1c(Cl)c(OCc2ccc(COCCF)cc2)c[nH+]n1-c1ccccc1. The Balaban J connectivity index is 1.66. The lowest BCUT2D eigenvalue weighted by molar-refractivity contribution is -0.483. The lowest BCUT2D eigenvalue weighted by Crippen LogP contribution is -2.33. The van der Waals surface area contributed by atoms with Gasteiger partial charge in [-0.05, 0) is 23.3 Å². The smallest absolute Gasteiger partial charge is 0.329 e. The highest BCUT2D eigenvalue weighted by Gasteiger charge is 2.16. The van der Waals surface area contributed by atoms with Gasteiger partial charge in [0.05, 0.1) is 13.2 Å². The summed E-state index contributed by atoms with van der Waals surface area (Å²) in [6.45, 7) is 0.221. The maximum Gasteiger partial charge on any atom is 0.329 e. The topological polar surface area (TPSA) is 54.6 Å². The molecule has 0 bridgehead atoms. The van der Waals surface area contributed by atoms with Crippen molar-refractivity contribution in [2.75, 3.05) is 13.3 Å². The van der Waals surface area contributed by atoms with Crippen LogP contribution in [-0.4, -0.2) is 18.0 Å². The quantitative estimate of drug-likeness (QED) is 0.555. The minimum absolute atomic E-state index is 0.00819. The molecule has 140 valence electrons. The van der Waals surface area contributed by atoms with Crippen molar-refractivity contribution in [3.05, 3.63) is 87.3 Å². The van der Waals surface area contributed by atoms with Crippen molar-refractivity contribution in [1.82, 2.24) is 4.68 Å². The van der Waals surface area contributed by atoms with Gasteiger partial charge < -0.3 is 9.47 Å². The zero-order valence-corrected chi connectivity index (χ0v) is 15.3. The molecule has 0 aliphatic heterocycles. The maximum absolute atomic E-state index is 12.5. The third-order valence-corrected chi connectivity index (χ3v) is 4.20. The Hall–Kier alpha value is -2.70. The predicted octanol–water partition coefficient (Wildman–Crippen LogP) is 3.37. The molecule has 0 aliphatic rings. The third-order valence-electron chi connectivity index (χ3n) is 3.85. The highest BCUT2D eigenvalue weighted by Crippen LogP contribution is 2.19. The molecule has 0 aliphatic carbocycles. The lowest BCUT2D eigenvalue weighted by Gasteiger charge is -2.08. The molecule has 5 nitrogen and oxygen atoms in total. The van der Waals surface area contributed by atoms with Gasteiger partial charge in [0, 0.05) is 0 Å². The Morgan fingerprint density at radius 3 is 2.33 bits per heavy atom. The number of aromatic amines is 1. The van der Waals surface area contributed by atoms with Gasteiger partial charge in [0.15, 0.2) is 5.02 Å². The van der Waals surface area contributed by atoms with Crippen molar-refractivity contribution in [1.29, 1.82) is 0 Å². The fourth-order valence-corrected chi connectivity index (χ4v) is 2.65. The number of hydrogen-bond acceptors (Lipinski definition) is 3. The first kappa shape index (κ1) is 19.1. The minimum Gasteiger partial charge on any atom is -0.481 e. The molecule has 0 unspecified atom stereocenters. The van der Waals surface area contributed by atoms with E-state index in [-0.39, 0.29) is 29.5 Å². The van der Waals surface area contributed by atoms with Crippen LogP contribution in [0.4, 0.5) is 4.39 Å². The Kier molecular flexibility index (Phi) is 6.57. The second kappa shape index (κ2) is 9.30. The monoisotopic (exact) mass is 389 g/mol. The van der Waals surface area contributed by atoms with Crippen molar-refractivity contribution >= 4 is 11.6 Å². The van der Waals surface area contributed by atoms with Crippen molar-refractivity contribution in [3.8, 4) is 11.4 Å². The van der Waals surface area contributed by atoms with Crippen LogP contribution in [0.15, 0.2) is 65.6 Å². The predicted molar refractivity (Wildman–Crippen MR) is 100 cm³/mol. The molecule has 0 fully saturated rings. The van der Waals surface area contributed by atoms with Gasteiger partial charge in [-0.1, -0.05) is 58.7 Å². The fourth-order valence-electron chi connectivity index (χ4n) is 2.46. The van der Waals surface area contributed by atoms with E-state index in [2.05, 4.69) is 5.10 Å². The summed E-state index contributed by atoms with van der Waals surface area (Å²) < 4.78 is 24.2. The average Bonchev–Trinajstić information content (AvgIpc) is 2.71. The number of benzene rings is 2. The van der Waals surface area contributed by atoms with Gasteiger partial charge in [0.1, 0.15) is 19.0 Å². The molecular formula is C20H19ClFN2O3+. The van der Waals surface area contributed by atoms with E-state index in [9.17, 15) is 9.18 Å². The lowest BCUT2D eigenvalue weighted by atomic mass is 10.1. The van der Waals surface area contributed by atoms with Gasteiger partial charge in [-0.3, -0.25) is 4.79 Å². The Morgan fingerprint density at radius 2 is 1.67 bits per heavy atom. The summed E-state index contributed by atoms with van der Waals surface area (Å²) in [5, 5.41) is 2.89. The van der Waals surface area contributed by atoms with Gasteiger partial charge in [-0.2, -0.15) is 0 Å². The van der Waals surface area contributed by atoms with Crippen LogP contribution in [0.5, 0.6) is 5.75 Å². The van der Waals surface area contributed by atoms with Gasteiger partial charge in [-0.15, -0.1) is 5.10 Å². The first-order chi connectivity index (χ1) is 13.2. The van der Waals surface area contributed by atoms with Gasteiger partial charge >= 0.3 is 5.56 Å². The van der Waals surface area contributed by atoms with Gasteiger partial charge in [0.2, 0.25) is 11.9 Å². The van der Waals surface area contributed by atoms with Crippen LogP contribution in [-0.2, 0) is 18.0 Å². The van der Waals surface area contributed by atoms with Gasteiger partial charge in [-0.25, -0.2) is 4.39 Å². The molecular weight excluding hydrogens is 371 g/mol. The van der Waals surface area contributed by atoms with Crippen LogP contribution in [0.25, 0.3) is 5.69 Å². The van der Waals surface area contributed by atoms with E-state index in [4.69, 9.17) is 21.1 Å². The van der Waals surface area contributed by atoms with Crippen molar-refractivity contribution in [2.24, 2.45) is 0 Å². The number of ether oxygens (including phenoxy) is 2. The van der Waals surface area contributed by atoms with Crippen LogP contribution in [0.3, 0.4) is 0 Å². The van der Waals surface area contributed by atoms with Crippen LogP contribution in [0.1, 0.15) is 11.1 Å². The average molecular weight is 390 g/mol. The highest BCUT2D eigenvalue weighted by atomic mass is 35.5. The van der Waals surface area contributed by atoms with Crippen LogP contribution in [0.2, 0.25) is 5.02 Å². The molecule has 0 saturated carbocycles. The Bertz CT molecular complexity index is 930. The number of hydrogen-bond donors (Lipinski definition) is 0. The number of alkyl halides is 1. The Labute approximate surface area is 160 Å². The Morgan fingerprint density at radius 1 is 1.00 bits per heavy atom. The number of nitrogens with zero attached hydrogens (tertiary/aromatic N) is 1. The van der Waals surface area contributed by atoms with E-state index in [1.54, 1.807) is 18.3 Å². The van der Waals surface area contributed by atoms with Crippen molar-refractivity contribution in [2.45, 2.75) is 13.2 Å². The number of aromatic nitrogens is 2. The molecule has 3 rings (SSSR count). The van der Waals surface area contributed by atoms with E-state index < -0.39 is 6.67 Å². The molecule has 2 aromatic carbocycles. The molecule has 1 heterocycles. The van der Waals surface area contributed by atoms with Crippen LogP contribution in [0, 0.1) is 0 Å². The first-order valence-electron chi connectivity index (χ1n) is 8.42. The number of nitrogens with one attached hydrogen (secondary N) is 1. The summed E-state index contributed by atoms with van der Waals surface area (Å²) >= 11 is 6.19. The van der Waals surface area contributed by atoms with Crippen LogP contribution >= 0.6 is 11.6 Å². The number of rotatable bonds is 8. The summed E-state index contributed by atoms with van der Waals surface area (Å²) in [7, 11) is 0. The molecule has 1 aromatic heterocycles. The zero-order valence-electron chi connectivity index (χ0n) is 14.5. The minimum atomic E-state index is -0.493. The molecule has 0 saturated heterocycles. The second-order valence-electron chi connectivity index (χ2n) is 5.77. The maximum atomic E-state index is 12.5. The van der Waals surface area contributed by atoms with E-state index in [1.807, 2.05) is 42.5 Å². The van der Waals surface area contributed by atoms with Gasteiger partial charge in [0.25, 0.3) is 0 Å². The molecule has 0 atom stereocenters. The highest BCUT2D eigenvalue weighted by molar-refractivity contribution is 6.31. The fraction of sp³-hybridized carbons (Fsp3) is 0.200. The largest absolute Gasteiger partial charge is 0.481 e. The summed E-state index contributed by atoms with van der Waals surface area (Å²) in [6.07, 6.45) is 1.55. The number of para-hydroxylation sites is 1. The summed E-state index contributed by atoms with van der Waals surface area (Å²) in [5.74, 6) is 0.282. The summed E-state index contributed by atoms with van der Waals surface area (Å²) in [4.78, 5) is 12.5. The molecule has 27 heavy (non-hydrogen) atoms. The molecule has 3 aromatic rings. The standard InChI is InChI=1S/C20H18ClFN2O3/c21-19-18(12-23-24(20(19)25)17-4-2-1-3-5-17)27-14-16-8-6-15(7-9-16)13-26-11-10-22/h1-9,12H,10-11,13-14H2/p+1. The molecule has 0 radical (unpaired) electrons. The number of halogens is 2. The van der Waals surface area contributed by atoms with E-state index in [1.165, 1.54) is 4.68 Å². The molecule has 0 amide bonds.